The van der Waals surface area contributed by atoms with Crippen LogP contribution in [0.1, 0.15) is 36.0 Å². The molecule has 0 saturated carbocycles. The third kappa shape index (κ3) is 4.86. The quantitative estimate of drug-likeness (QED) is 0.193. The standard InChI is InChI=1S/C31H29N3O2/c1-3-27(24-15-8-5-9-16-24)31(35)36-26-18-10-17-25(20-26)28-30(32-21-23-13-6-4-7-14-23)34-19-11-12-22(2)29(34)33-28/h4-20,27,32H,3,21H2,1-2H3. The number of nitrogens with zero attached hydrogens (tertiary/aromatic N) is 2. The fourth-order valence-electron chi connectivity index (χ4n) is 4.47. The number of hydrogen-bond donors (Lipinski definition) is 1. The molecule has 1 atom stereocenters. The first-order chi connectivity index (χ1) is 17.6. The van der Waals surface area contributed by atoms with Crippen molar-refractivity contribution in [3.05, 3.63) is 120 Å². The predicted octanol–water partition coefficient (Wildman–Crippen LogP) is 7.02. The number of esters is 1. The molecule has 0 saturated heterocycles. The first kappa shape index (κ1) is 23.4. The maximum absolute atomic E-state index is 13.0. The van der Waals surface area contributed by atoms with E-state index in [4.69, 9.17) is 9.72 Å². The summed E-state index contributed by atoms with van der Waals surface area (Å²) in [6.45, 7) is 4.72. The molecule has 0 fully saturated rings. The van der Waals surface area contributed by atoms with E-state index in [9.17, 15) is 4.79 Å². The van der Waals surface area contributed by atoms with Crippen molar-refractivity contribution >= 4 is 17.4 Å². The molecule has 1 N–H and O–H groups in total. The Kier molecular flexibility index (Phi) is 6.80. The molecule has 0 aliphatic rings. The van der Waals surface area contributed by atoms with Gasteiger partial charge in [-0.1, -0.05) is 85.8 Å². The molecule has 5 nitrogen and oxygen atoms in total. The van der Waals surface area contributed by atoms with E-state index in [1.54, 1.807) is 0 Å². The topological polar surface area (TPSA) is 55.6 Å². The summed E-state index contributed by atoms with van der Waals surface area (Å²) in [4.78, 5) is 18.0. The number of aryl methyl sites for hydroxylation is 1. The second-order valence-corrected chi connectivity index (χ2v) is 8.85. The van der Waals surface area contributed by atoms with Crippen molar-refractivity contribution in [1.82, 2.24) is 9.38 Å². The zero-order valence-corrected chi connectivity index (χ0v) is 20.5. The van der Waals surface area contributed by atoms with Crippen molar-refractivity contribution in [3.8, 4) is 17.0 Å². The van der Waals surface area contributed by atoms with Crippen LogP contribution in [-0.2, 0) is 11.3 Å². The van der Waals surface area contributed by atoms with Crippen molar-refractivity contribution < 1.29 is 9.53 Å². The normalized spacial score (nSPS) is 11.8. The monoisotopic (exact) mass is 475 g/mol. The number of aromatic nitrogens is 2. The number of rotatable bonds is 8. The molecule has 0 amide bonds. The summed E-state index contributed by atoms with van der Waals surface area (Å²) in [5.41, 5.74) is 5.81. The number of carbonyl (C=O) groups is 1. The van der Waals surface area contributed by atoms with E-state index in [0.29, 0.717) is 18.7 Å². The molecular weight excluding hydrogens is 446 g/mol. The number of hydrogen-bond acceptors (Lipinski definition) is 4. The van der Waals surface area contributed by atoms with E-state index in [2.05, 4.69) is 34.8 Å². The molecule has 3 aromatic carbocycles. The fourth-order valence-corrected chi connectivity index (χ4v) is 4.47. The van der Waals surface area contributed by atoms with Gasteiger partial charge in [-0.3, -0.25) is 9.20 Å². The Labute approximate surface area is 211 Å². The first-order valence-electron chi connectivity index (χ1n) is 12.3. The van der Waals surface area contributed by atoms with Crippen molar-refractivity contribution in [2.75, 3.05) is 5.32 Å². The molecule has 180 valence electrons. The second kappa shape index (κ2) is 10.5. The molecule has 0 spiro atoms. The van der Waals surface area contributed by atoms with E-state index < -0.39 is 0 Å². The molecule has 5 aromatic rings. The average molecular weight is 476 g/mol. The Morgan fingerprint density at radius 3 is 2.44 bits per heavy atom. The number of imidazole rings is 1. The SMILES string of the molecule is CCC(C(=O)Oc1cccc(-c2nc3c(C)cccn3c2NCc2ccccc2)c1)c1ccccc1. The smallest absolute Gasteiger partial charge is 0.318 e. The van der Waals surface area contributed by atoms with E-state index in [0.717, 1.165) is 33.8 Å². The van der Waals surface area contributed by atoms with Crippen molar-refractivity contribution in [1.29, 1.82) is 0 Å². The van der Waals surface area contributed by atoms with Gasteiger partial charge in [-0.25, -0.2) is 4.98 Å². The third-order valence-corrected chi connectivity index (χ3v) is 6.37. The van der Waals surface area contributed by atoms with Gasteiger partial charge in [0, 0.05) is 18.3 Å². The van der Waals surface area contributed by atoms with Crippen molar-refractivity contribution in [2.24, 2.45) is 0 Å². The zero-order valence-electron chi connectivity index (χ0n) is 20.5. The van der Waals surface area contributed by atoms with Gasteiger partial charge < -0.3 is 10.1 Å². The van der Waals surface area contributed by atoms with Crippen LogP contribution in [0.2, 0.25) is 0 Å². The minimum absolute atomic E-state index is 0.255. The summed E-state index contributed by atoms with van der Waals surface area (Å²) in [7, 11) is 0. The number of carbonyl (C=O) groups excluding carboxylic acids is 1. The summed E-state index contributed by atoms with van der Waals surface area (Å²) in [6, 6.07) is 31.7. The Balaban J connectivity index is 1.47. The van der Waals surface area contributed by atoms with Gasteiger partial charge in [0.15, 0.2) is 0 Å². The number of pyridine rings is 1. The molecule has 2 heterocycles. The van der Waals surface area contributed by atoms with E-state index in [1.807, 2.05) is 92.0 Å². The van der Waals surface area contributed by atoms with Gasteiger partial charge in [0.05, 0.1) is 5.92 Å². The molecule has 5 rings (SSSR count). The molecule has 0 aliphatic carbocycles. The lowest BCUT2D eigenvalue weighted by Gasteiger charge is -2.15. The highest BCUT2D eigenvalue weighted by molar-refractivity contribution is 5.82. The minimum atomic E-state index is -0.309. The van der Waals surface area contributed by atoms with Gasteiger partial charge in [-0.05, 0) is 48.2 Å². The predicted molar refractivity (Wildman–Crippen MR) is 144 cm³/mol. The number of benzene rings is 3. The molecule has 2 aromatic heterocycles. The van der Waals surface area contributed by atoms with Gasteiger partial charge in [0.2, 0.25) is 0 Å². The van der Waals surface area contributed by atoms with Crippen LogP contribution in [0.3, 0.4) is 0 Å². The summed E-state index contributed by atoms with van der Waals surface area (Å²) < 4.78 is 7.94. The van der Waals surface area contributed by atoms with Crippen LogP contribution in [-0.4, -0.2) is 15.4 Å². The van der Waals surface area contributed by atoms with Crippen LogP contribution >= 0.6 is 0 Å². The highest BCUT2D eigenvalue weighted by atomic mass is 16.5. The van der Waals surface area contributed by atoms with Crippen LogP contribution in [0.25, 0.3) is 16.9 Å². The van der Waals surface area contributed by atoms with Gasteiger partial charge in [-0.2, -0.15) is 0 Å². The summed E-state index contributed by atoms with van der Waals surface area (Å²) in [6.07, 6.45) is 2.68. The van der Waals surface area contributed by atoms with E-state index in [-0.39, 0.29) is 11.9 Å². The number of ether oxygens (including phenoxy) is 1. The van der Waals surface area contributed by atoms with Crippen LogP contribution in [0.5, 0.6) is 5.75 Å². The fraction of sp³-hybridized carbons (Fsp3) is 0.161. The molecule has 0 bridgehead atoms. The Hall–Kier alpha value is -4.38. The zero-order chi connectivity index (χ0) is 24.9. The van der Waals surface area contributed by atoms with Crippen LogP contribution in [0.4, 0.5) is 5.82 Å². The Morgan fingerprint density at radius 1 is 0.944 bits per heavy atom. The lowest BCUT2D eigenvalue weighted by Crippen LogP contribution is -2.18. The van der Waals surface area contributed by atoms with Gasteiger partial charge in [-0.15, -0.1) is 0 Å². The molecule has 0 radical (unpaired) electrons. The summed E-state index contributed by atoms with van der Waals surface area (Å²) in [5.74, 6) is 0.844. The third-order valence-electron chi connectivity index (χ3n) is 6.37. The van der Waals surface area contributed by atoms with Crippen molar-refractivity contribution in [3.63, 3.8) is 0 Å². The van der Waals surface area contributed by atoms with Gasteiger partial charge >= 0.3 is 5.97 Å². The number of fused-ring (bicyclic) bond motifs is 1. The molecule has 0 aliphatic heterocycles. The second-order valence-electron chi connectivity index (χ2n) is 8.85. The van der Waals surface area contributed by atoms with Crippen LogP contribution in [0.15, 0.2) is 103 Å². The Morgan fingerprint density at radius 2 is 1.69 bits per heavy atom. The molecule has 5 heteroatoms. The molecular formula is C31H29N3O2. The Bertz CT molecular complexity index is 1480. The van der Waals surface area contributed by atoms with E-state index in [1.165, 1.54) is 5.56 Å². The lowest BCUT2D eigenvalue weighted by atomic mass is 9.97. The highest BCUT2D eigenvalue weighted by Gasteiger charge is 2.22. The lowest BCUT2D eigenvalue weighted by molar-refractivity contribution is -0.136. The molecule has 36 heavy (non-hydrogen) atoms. The maximum atomic E-state index is 13.0. The summed E-state index contributed by atoms with van der Waals surface area (Å²) >= 11 is 0. The summed E-state index contributed by atoms with van der Waals surface area (Å²) in [5, 5.41) is 3.58. The molecule has 1 unspecified atom stereocenters. The number of nitrogens with one attached hydrogen (secondary N) is 1. The van der Waals surface area contributed by atoms with Gasteiger partial charge in [0.25, 0.3) is 0 Å². The largest absolute Gasteiger partial charge is 0.426 e. The number of anilines is 1. The minimum Gasteiger partial charge on any atom is -0.426 e. The maximum Gasteiger partial charge on any atom is 0.318 e. The van der Waals surface area contributed by atoms with Crippen LogP contribution < -0.4 is 10.1 Å². The van der Waals surface area contributed by atoms with Crippen molar-refractivity contribution in [2.45, 2.75) is 32.7 Å². The first-order valence-corrected chi connectivity index (χ1v) is 12.3. The van der Waals surface area contributed by atoms with Crippen LogP contribution in [0, 0.1) is 6.92 Å². The van der Waals surface area contributed by atoms with Gasteiger partial charge in [0.1, 0.15) is 22.9 Å². The van der Waals surface area contributed by atoms with E-state index >= 15 is 0 Å². The average Bonchev–Trinajstić information content (AvgIpc) is 3.29. The highest BCUT2D eigenvalue weighted by Crippen LogP contribution is 2.33.